The van der Waals surface area contributed by atoms with Crippen molar-refractivity contribution in [1.82, 2.24) is 10.2 Å². The number of ether oxygens (including phenoxy) is 1. The van der Waals surface area contributed by atoms with Gasteiger partial charge >= 0.3 is 0 Å². The lowest BCUT2D eigenvalue weighted by Gasteiger charge is -2.07. The van der Waals surface area contributed by atoms with Gasteiger partial charge in [-0.15, -0.1) is 10.2 Å². The highest BCUT2D eigenvalue weighted by atomic mass is 35.5. The number of aromatic nitrogens is 2. The van der Waals surface area contributed by atoms with E-state index in [0.29, 0.717) is 27.6 Å². The number of methoxy groups -OCH3 is 1. The number of aryl methyl sites for hydroxylation is 2. The highest BCUT2D eigenvalue weighted by Gasteiger charge is 2.12. The minimum atomic E-state index is -0.202. The largest absolute Gasteiger partial charge is 0.495 e. The third kappa shape index (κ3) is 4.81. The fourth-order valence-corrected chi connectivity index (χ4v) is 3.15. The van der Waals surface area contributed by atoms with Crippen LogP contribution in [0.25, 0.3) is 11.5 Å². The number of benzene rings is 2. The lowest BCUT2D eigenvalue weighted by atomic mass is 10.1. The van der Waals surface area contributed by atoms with Crippen molar-refractivity contribution >= 4 is 35.0 Å². The van der Waals surface area contributed by atoms with E-state index in [1.807, 2.05) is 32.0 Å². The lowest BCUT2D eigenvalue weighted by Crippen LogP contribution is -2.14. The fourth-order valence-electron chi connectivity index (χ4n) is 2.33. The van der Waals surface area contributed by atoms with E-state index in [0.717, 1.165) is 11.1 Å². The van der Waals surface area contributed by atoms with E-state index in [-0.39, 0.29) is 11.7 Å². The number of nitrogens with one attached hydrogen (secondary N) is 1. The molecule has 0 saturated heterocycles. The van der Waals surface area contributed by atoms with Gasteiger partial charge in [-0.25, -0.2) is 0 Å². The minimum Gasteiger partial charge on any atom is -0.495 e. The first kappa shape index (κ1) is 19.3. The van der Waals surface area contributed by atoms with E-state index in [1.54, 1.807) is 18.2 Å². The average molecular weight is 404 g/mol. The molecule has 0 bridgehead atoms. The normalized spacial score (nSPS) is 10.7. The van der Waals surface area contributed by atoms with Crippen molar-refractivity contribution in [2.75, 3.05) is 18.2 Å². The number of nitrogens with zero attached hydrogens (tertiary/aromatic N) is 2. The summed E-state index contributed by atoms with van der Waals surface area (Å²) in [7, 11) is 1.53. The van der Waals surface area contributed by atoms with Crippen molar-refractivity contribution in [3.8, 4) is 17.2 Å². The average Bonchev–Trinajstić information content (AvgIpc) is 3.11. The van der Waals surface area contributed by atoms with E-state index in [2.05, 4.69) is 15.5 Å². The molecule has 8 heteroatoms. The SMILES string of the molecule is COc1ccc(NC(=O)CSc2nnc(-c3ccc(C)c(C)c3)o2)cc1Cl. The van der Waals surface area contributed by atoms with Crippen molar-refractivity contribution in [2.45, 2.75) is 19.1 Å². The Balaban J connectivity index is 1.58. The molecule has 27 heavy (non-hydrogen) atoms. The van der Waals surface area contributed by atoms with Crippen LogP contribution in [0.3, 0.4) is 0 Å². The molecule has 1 aromatic heterocycles. The maximum absolute atomic E-state index is 12.1. The Bertz CT molecular complexity index is 975. The molecule has 3 aromatic rings. The van der Waals surface area contributed by atoms with Crippen LogP contribution in [0.1, 0.15) is 11.1 Å². The van der Waals surface area contributed by atoms with Gasteiger partial charge in [0.1, 0.15) is 5.75 Å². The molecule has 1 amide bonds. The number of amides is 1. The van der Waals surface area contributed by atoms with Crippen LogP contribution >= 0.6 is 23.4 Å². The number of anilines is 1. The standard InChI is InChI=1S/C19H18ClN3O3S/c1-11-4-5-13(8-12(11)2)18-22-23-19(26-18)27-10-17(24)21-14-6-7-16(25-3)15(20)9-14/h4-9H,10H2,1-3H3,(H,21,24). The summed E-state index contributed by atoms with van der Waals surface area (Å²) in [5.74, 6) is 0.918. The second-order valence-electron chi connectivity index (χ2n) is 5.86. The number of carbonyl (C=O) groups is 1. The quantitative estimate of drug-likeness (QED) is 0.598. The van der Waals surface area contributed by atoms with Crippen LogP contribution in [0, 0.1) is 13.8 Å². The molecule has 0 unspecified atom stereocenters. The van der Waals surface area contributed by atoms with Crippen LogP contribution < -0.4 is 10.1 Å². The van der Waals surface area contributed by atoms with Gasteiger partial charge in [-0.1, -0.05) is 29.4 Å². The van der Waals surface area contributed by atoms with E-state index >= 15 is 0 Å². The van der Waals surface area contributed by atoms with E-state index in [4.69, 9.17) is 20.8 Å². The van der Waals surface area contributed by atoms with Gasteiger partial charge in [0.05, 0.1) is 17.9 Å². The zero-order valence-corrected chi connectivity index (χ0v) is 16.6. The molecule has 3 rings (SSSR count). The van der Waals surface area contributed by atoms with Crippen molar-refractivity contribution < 1.29 is 13.9 Å². The summed E-state index contributed by atoms with van der Waals surface area (Å²) in [5, 5.41) is 11.6. The van der Waals surface area contributed by atoms with E-state index < -0.39 is 0 Å². The van der Waals surface area contributed by atoms with Gasteiger partial charge in [-0.05, 0) is 55.3 Å². The van der Waals surface area contributed by atoms with Crippen molar-refractivity contribution in [2.24, 2.45) is 0 Å². The molecule has 1 N–H and O–H groups in total. The maximum atomic E-state index is 12.1. The number of hydrogen-bond donors (Lipinski definition) is 1. The number of hydrogen-bond acceptors (Lipinski definition) is 6. The van der Waals surface area contributed by atoms with Crippen LogP contribution in [0.4, 0.5) is 5.69 Å². The van der Waals surface area contributed by atoms with Gasteiger partial charge in [0.15, 0.2) is 0 Å². The van der Waals surface area contributed by atoms with Gasteiger partial charge in [0.25, 0.3) is 5.22 Å². The summed E-state index contributed by atoms with van der Waals surface area (Å²) in [6, 6.07) is 11.0. The highest BCUT2D eigenvalue weighted by Crippen LogP contribution is 2.28. The van der Waals surface area contributed by atoms with Gasteiger partial charge < -0.3 is 14.5 Å². The molecule has 0 saturated carbocycles. The van der Waals surface area contributed by atoms with Crippen molar-refractivity contribution in [3.05, 3.63) is 52.5 Å². The third-order valence-corrected chi connectivity index (χ3v) is 5.04. The lowest BCUT2D eigenvalue weighted by molar-refractivity contribution is -0.113. The Morgan fingerprint density at radius 2 is 2.00 bits per heavy atom. The van der Waals surface area contributed by atoms with Gasteiger partial charge in [-0.3, -0.25) is 4.79 Å². The van der Waals surface area contributed by atoms with E-state index in [9.17, 15) is 4.79 Å². The van der Waals surface area contributed by atoms with Crippen LogP contribution in [0.2, 0.25) is 5.02 Å². The first-order chi connectivity index (χ1) is 13.0. The predicted molar refractivity (Wildman–Crippen MR) is 107 cm³/mol. The molecule has 140 valence electrons. The zero-order valence-electron chi connectivity index (χ0n) is 15.1. The first-order valence-electron chi connectivity index (χ1n) is 8.13. The first-order valence-corrected chi connectivity index (χ1v) is 9.50. The molecule has 0 atom stereocenters. The predicted octanol–water partition coefficient (Wildman–Crippen LogP) is 4.75. The Morgan fingerprint density at radius 3 is 2.70 bits per heavy atom. The monoisotopic (exact) mass is 403 g/mol. The van der Waals surface area contributed by atoms with Gasteiger partial charge in [0.2, 0.25) is 11.8 Å². The van der Waals surface area contributed by atoms with Crippen LogP contribution in [0.5, 0.6) is 5.75 Å². The topological polar surface area (TPSA) is 77.2 Å². The van der Waals surface area contributed by atoms with Crippen LogP contribution in [-0.2, 0) is 4.79 Å². The summed E-state index contributed by atoms with van der Waals surface area (Å²) in [6.07, 6.45) is 0. The maximum Gasteiger partial charge on any atom is 0.277 e. The number of thioether (sulfide) groups is 1. The summed E-state index contributed by atoms with van der Waals surface area (Å²) in [5.41, 5.74) is 3.79. The molecule has 0 aliphatic heterocycles. The summed E-state index contributed by atoms with van der Waals surface area (Å²) < 4.78 is 10.7. The smallest absolute Gasteiger partial charge is 0.277 e. The Morgan fingerprint density at radius 1 is 1.19 bits per heavy atom. The molecule has 1 heterocycles. The molecule has 0 aliphatic rings. The molecule has 0 aliphatic carbocycles. The van der Waals surface area contributed by atoms with Gasteiger partial charge in [0, 0.05) is 11.3 Å². The Hall–Kier alpha value is -2.51. The highest BCUT2D eigenvalue weighted by molar-refractivity contribution is 7.99. The van der Waals surface area contributed by atoms with Gasteiger partial charge in [-0.2, -0.15) is 0 Å². The fraction of sp³-hybridized carbons (Fsp3) is 0.211. The van der Waals surface area contributed by atoms with E-state index in [1.165, 1.54) is 24.4 Å². The number of halogens is 1. The number of carbonyl (C=O) groups excluding carboxylic acids is 1. The minimum absolute atomic E-state index is 0.137. The summed E-state index contributed by atoms with van der Waals surface area (Å²) in [4.78, 5) is 12.1. The van der Waals surface area contributed by atoms with Crippen LogP contribution in [-0.4, -0.2) is 29.0 Å². The molecular formula is C19H18ClN3O3S. The molecule has 2 aromatic carbocycles. The van der Waals surface area contributed by atoms with Crippen molar-refractivity contribution in [1.29, 1.82) is 0 Å². The summed E-state index contributed by atoms with van der Waals surface area (Å²) in [6.45, 7) is 4.07. The Labute approximate surface area is 166 Å². The van der Waals surface area contributed by atoms with Crippen LogP contribution in [0.15, 0.2) is 46.0 Å². The molecule has 0 fully saturated rings. The summed E-state index contributed by atoms with van der Waals surface area (Å²) >= 11 is 7.23. The second-order valence-corrected chi connectivity index (χ2v) is 7.19. The molecule has 6 nitrogen and oxygen atoms in total. The zero-order chi connectivity index (χ0) is 19.4. The van der Waals surface area contributed by atoms with Crippen molar-refractivity contribution in [3.63, 3.8) is 0 Å². The number of rotatable bonds is 6. The molecule has 0 radical (unpaired) electrons. The Kier molecular flexibility index (Phi) is 6.03. The molecule has 0 spiro atoms. The molecular weight excluding hydrogens is 386 g/mol. The third-order valence-electron chi connectivity index (χ3n) is 3.92. The second kappa shape index (κ2) is 8.45.